The molecule has 0 saturated heterocycles. The Morgan fingerprint density at radius 3 is 2.60 bits per heavy atom. The Morgan fingerprint density at radius 1 is 1.25 bits per heavy atom. The van der Waals surface area contributed by atoms with Gasteiger partial charge < -0.3 is 10.0 Å². The van der Waals surface area contributed by atoms with E-state index in [0.29, 0.717) is 19.3 Å². The monoisotopic (exact) mass is 273 g/mol. The third-order valence-electron chi connectivity index (χ3n) is 4.83. The number of fused-ring (bicyclic) bond motifs is 1. The molecule has 1 aliphatic heterocycles. The highest BCUT2D eigenvalue weighted by Gasteiger charge is 2.42. The van der Waals surface area contributed by atoms with Crippen molar-refractivity contribution in [3.63, 3.8) is 0 Å². The lowest BCUT2D eigenvalue weighted by Crippen LogP contribution is -2.38. The summed E-state index contributed by atoms with van der Waals surface area (Å²) in [5.74, 6) is -0.658. The zero-order valence-electron chi connectivity index (χ0n) is 11.7. The Bertz CT molecular complexity index is 573. The fourth-order valence-electron chi connectivity index (χ4n) is 3.52. The van der Waals surface area contributed by atoms with Crippen LogP contribution >= 0.6 is 0 Å². The van der Waals surface area contributed by atoms with Gasteiger partial charge in [0.2, 0.25) is 5.91 Å². The lowest BCUT2D eigenvalue weighted by molar-refractivity contribution is -0.145. The molecule has 106 valence electrons. The number of amides is 1. The van der Waals surface area contributed by atoms with Crippen molar-refractivity contribution >= 4 is 17.6 Å². The average Bonchev–Trinajstić information content (AvgIpc) is 2.74. The molecule has 0 radical (unpaired) electrons. The van der Waals surface area contributed by atoms with E-state index in [-0.39, 0.29) is 5.91 Å². The maximum Gasteiger partial charge on any atom is 0.314 e. The molecule has 4 heteroatoms. The summed E-state index contributed by atoms with van der Waals surface area (Å²) in [6.45, 7) is 0. The van der Waals surface area contributed by atoms with Crippen LogP contribution in [0.3, 0.4) is 0 Å². The quantitative estimate of drug-likeness (QED) is 0.900. The number of nitrogens with zero attached hydrogens (tertiary/aromatic N) is 1. The van der Waals surface area contributed by atoms with Gasteiger partial charge in [-0.1, -0.05) is 31.4 Å². The van der Waals surface area contributed by atoms with E-state index in [9.17, 15) is 14.7 Å². The summed E-state index contributed by atoms with van der Waals surface area (Å²) >= 11 is 0. The van der Waals surface area contributed by atoms with Crippen molar-refractivity contribution < 1.29 is 14.7 Å². The second-order valence-corrected chi connectivity index (χ2v) is 5.92. The van der Waals surface area contributed by atoms with Crippen molar-refractivity contribution in [3.05, 3.63) is 29.3 Å². The van der Waals surface area contributed by atoms with E-state index in [1.54, 1.807) is 11.9 Å². The summed E-state index contributed by atoms with van der Waals surface area (Å²) in [6, 6.07) is 5.75. The predicted octanol–water partition coefficient (Wildman–Crippen LogP) is 2.49. The third kappa shape index (κ3) is 1.82. The van der Waals surface area contributed by atoms with Crippen LogP contribution in [0.4, 0.5) is 5.69 Å². The minimum absolute atomic E-state index is 0.0742. The number of hydrogen-bond acceptors (Lipinski definition) is 2. The molecule has 0 bridgehead atoms. The van der Waals surface area contributed by atoms with Crippen molar-refractivity contribution in [2.24, 2.45) is 0 Å². The lowest BCUT2D eigenvalue weighted by Gasteiger charge is -2.34. The van der Waals surface area contributed by atoms with Crippen molar-refractivity contribution in [2.45, 2.75) is 43.9 Å². The Kier molecular flexibility index (Phi) is 3.04. The summed E-state index contributed by atoms with van der Waals surface area (Å²) in [5, 5.41) is 9.73. The molecule has 1 aliphatic carbocycles. The molecule has 0 atom stereocenters. The standard InChI is InChI=1S/C16H19NO3/c1-17-13-10-12(6-5-11(13)9-14(17)18)16(15(19)20)7-3-2-4-8-16/h5-6,10H,2-4,7-9H2,1H3,(H,19,20). The fourth-order valence-corrected chi connectivity index (χ4v) is 3.52. The third-order valence-corrected chi connectivity index (χ3v) is 4.83. The second kappa shape index (κ2) is 4.62. The topological polar surface area (TPSA) is 57.6 Å². The SMILES string of the molecule is CN1C(=O)Cc2ccc(C3(C(=O)O)CCCCC3)cc21. The molecule has 0 aromatic heterocycles. The number of aliphatic carboxylic acids is 1. The largest absolute Gasteiger partial charge is 0.481 e. The lowest BCUT2D eigenvalue weighted by atomic mass is 9.69. The highest BCUT2D eigenvalue weighted by atomic mass is 16.4. The van der Waals surface area contributed by atoms with Gasteiger partial charge in [0, 0.05) is 12.7 Å². The molecule has 1 aromatic carbocycles. The molecule has 0 spiro atoms. The van der Waals surface area contributed by atoms with E-state index in [2.05, 4.69) is 0 Å². The van der Waals surface area contributed by atoms with Gasteiger partial charge in [-0.2, -0.15) is 0 Å². The molecule has 20 heavy (non-hydrogen) atoms. The maximum absolute atomic E-state index is 11.8. The molecule has 3 rings (SSSR count). The van der Waals surface area contributed by atoms with Crippen molar-refractivity contribution in [1.82, 2.24) is 0 Å². The summed E-state index contributed by atoms with van der Waals surface area (Å²) in [4.78, 5) is 25.2. The number of anilines is 1. The van der Waals surface area contributed by atoms with Crippen LogP contribution in [0.1, 0.15) is 43.2 Å². The Balaban J connectivity index is 2.06. The van der Waals surface area contributed by atoms with Crippen molar-refractivity contribution in [3.8, 4) is 0 Å². The van der Waals surface area contributed by atoms with Crippen LogP contribution in [0.25, 0.3) is 0 Å². The van der Waals surface area contributed by atoms with Crippen LogP contribution in [0.15, 0.2) is 18.2 Å². The molecule has 0 unspecified atom stereocenters. The summed E-state index contributed by atoms with van der Waals surface area (Å²) in [7, 11) is 1.76. The van der Waals surface area contributed by atoms with Gasteiger partial charge >= 0.3 is 5.97 Å². The van der Waals surface area contributed by atoms with Gasteiger partial charge in [-0.3, -0.25) is 9.59 Å². The molecule has 1 aromatic rings. The van der Waals surface area contributed by atoms with Crippen LogP contribution < -0.4 is 4.90 Å². The molecule has 1 heterocycles. The Morgan fingerprint density at radius 2 is 1.95 bits per heavy atom. The Hall–Kier alpha value is -1.84. The van der Waals surface area contributed by atoms with Gasteiger partial charge in [0.25, 0.3) is 0 Å². The molecular formula is C16H19NO3. The molecule has 2 aliphatic rings. The van der Waals surface area contributed by atoms with Crippen LogP contribution in [-0.4, -0.2) is 24.0 Å². The second-order valence-electron chi connectivity index (χ2n) is 5.92. The number of likely N-dealkylation sites (N-methyl/N-ethyl adjacent to an activating group) is 1. The van der Waals surface area contributed by atoms with E-state index in [1.165, 1.54) is 0 Å². The predicted molar refractivity (Wildman–Crippen MR) is 76.0 cm³/mol. The van der Waals surface area contributed by atoms with Gasteiger partial charge in [-0.25, -0.2) is 0 Å². The molecule has 1 amide bonds. The molecule has 1 fully saturated rings. The van der Waals surface area contributed by atoms with Crippen LogP contribution in [0.2, 0.25) is 0 Å². The number of carbonyl (C=O) groups excluding carboxylic acids is 1. The van der Waals surface area contributed by atoms with E-state index < -0.39 is 11.4 Å². The Labute approximate surface area is 118 Å². The van der Waals surface area contributed by atoms with Gasteiger partial charge in [0.1, 0.15) is 0 Å². The minimum atomic E-state index is -0.764. The van der Waals surface area contributed by atoms with Gasteiger partial charge in [0.15, 0.2) is 0 Å². The van der Waals surface area contributed by atoms with Crippen molar-refractivity contribution in [2.75, 3.05) is 11.9 Å². The van der Waals surface area contributed by atoms with Crippen LogP contribution in [0.5, 0.6) is 0 Å². The first kappa shape index (κ1) is 13.2. The fraction of sp³-hybridized carbons (Fsp3) is 0.500. The van der Waals surface area contributed by atoms with Gasteiger partial charge in [0.05, 0.1) is 11.8 Å². The first-order chi connectivity index (χ1) is 9.54. The van der Waals surface area contributed by atoms with Crippen LogP contribution in [0, 0.1) is 0 Å². The van der Waals surface area contributed by atoms with E-state index in [1.807, 2.05) is 18.2 Å². The number of hydrogen-bond donors (Lipinski definition) is 1. The highest BCUT2D eigenvalue weighted by Crippen LogP contribution is 2.42. The summed E-state index contributed by atoms with van der Waals surface area (Å²) < 4.78 is 0. The van der Waals surface area contributed by atoms with Crippen molar-refractivity contribution in [1.29, 1.82) is 0 Å². The number of rotatable bonds is 2. The number of benzene rings is 1. The normalized spacial score (nSPS) is 20.9. The molecule has 1 N–H and O–H groups in total. The van der Waals surface area contributed by atoms with E-state index in [0.717, 1.165) is 36.1 Å². The van der Waals surface area contributed by atoms with Gasteiger partial charge in [-0.15, -0.1) is 0 Å². The summed E-state index contributed by atoms with van der Waals surface area (Å²) in [5.41, 5.74) is 1.96. The highest BCUT2D eigenvalue weighted by molar-refractivity contribution is 6.01. The van der Waals surface area contributed by atoms with Gasteiger partial charge in [-0.05, 0) is 30.0 Å². The molecule has 1 saturated carbocycles. The van der Waals surface area contributed by atoms with Crippen LogP contribution in [-0.2, 0) is 21.4 Å². The molecule has 4 nitrogen and oxygen atoms in total. The number of carboxylic acid groups (broad SMARTS) is 1. The van der Waals surface area contributed by atoms with E-state index in [4.69, 9.17) is 0 Å². The average molecular weight is 273 g/mol. The minimum Gasteiger partial charge on any atom is -0.481 e. The first-order valence-corrected chi connectivity index (χ1v) is 7.18. The zero-order valence-corrected chi connectivity index (χ0v) is 11.7. The number of carboxylic acids is 1. The number of carbonyl (C=O) groups is 2. The maximum atomic E-state index is 11.8. The summed E-state index contributed by atoms with van der Waals surface area (Å²) in [6.07, 6.45) is 4.83. The smallest absolute Gasteiger partial charge is 0.314 e. The first-order valence-electron chi connectivity index (χ1n) is 7.18. The zero-order chi connectivity index (χ0) is 14.3. The van der Waals surface area contributed by atoms with E-state index >= 15 is 0 Å². The molecular weight excluding hydrogens is 254 g/mol.